The van der Waals surface area contributed by atoms with Gasteiger partial charge in [0.15, 0.2) is 0 Å². The monoisotopic (exact) mass is 238 g/mol. The quantitative estimate of drug-likeness (QED) is 0.502. The van der Waals surface area contributed by atoms with Gasteiger partial charge in [0.1, 0.15) is 0 Å². The highest BCUT2D eigenvalue weighted by Crippen LogP contribution is 2.49. The van der Waals surface area contributed by atoms with Crippen LogP contribution in [0.2, 0.25) is 0 Å². The van der Waals surface area contributed by atoms with E-state index in [1.54, 1.807) is 0 Å². The molecule has 0 aliphatic rings. The highest BCUT2D eigenvalue weighted by atomic mass is 32.5. The first-order valence-corrected chi connectivity index (χ1v) is 7.26. The zero-order valence-corrected chi connectivity index (χ0v) is 11.0. The minimum absolute atomic E-state index is 0.458. The summed E-state index contributed by atoms with van der Waals surface area (Å²) in [5, 5.41) is 0. The second-order valence-electron chi connectivity index (χ2n) is 2.86. The first-order valence-electron chi connectivity index (χ1n) is 4.71. The van der Waals surface area contributed by atoms with Crippen molar-refractivity contribution >= 4 is 18.5 Å². The van der Waals surface area contributed by atoms with Gasteiger partial charge in [0.25, 0.3) is 0 Å². The van der Waals surface area contributed by atoms with Gasteiger partial charge in [0, 0.05) is 0 Å². The van der Waals surface area contributed by atoms with E-state index in [2.05, 4.69) is 0 Å². The largest absolute Gasteiger partial charge is 0.327 e. The van der Waals surface area contributed by atoms with Crippen molar-refractivity contribution in [3.63, 3.8) is 0 Å². The van der Waals surface area contributed by atoms with Gasteiger partial charge in [-0.3, -0.25) is 0 Å². The maximum absolute atomic E-state index is 5.43. The molecular formula is C9H19O3PS. The second-order valence-corrected chi connectivity index (χ2v) is 5.87. The lowest BCUT2D eigenvalue weighted by Gasteiger charge is -2.19. The van der Waals surface area contributed by atoms with Crippen molar-refractivity contribution in [3.8, 4) is 0 Å². The summed E-state index contributed by atoms with van der Waals surface area (Å²) in [7, 11) is 0. The van der Waals surface area contributed by atoms with Gasteiger partial charge >= 0.3 is 6.72 Å². The lowest BCUT2D eigenvalue weighted by Crippen LogP contribution is -2.00. The molecule has 0 bridgehead atoms. The summed E-state index contributed by atoms with van der Waals surface area (Å²) in [5.74, 6) is 0. The predicted molar refractivity (Wildman–Crippen MR) is 62.9 cm³/mol. The molecule has 0 aromatic carbocycles. The SMILES string of the molecule is CCOP(=S)(OCC)OCC=C(C)C. The van der Waals surface area contributed by atoms with Crippen molar-refractivity contribution in [2.24, 2.45) is 0 Å². The third kappa shape index (κ3) is 6.68. The van der Waals surface area contributed by atoms with E-state index in [4.69, 9.17) is 25.4 Å². The van der Waals surface area contributed by atoms with Crippen molar-refractivity contribution in [2.45, 2.75) is 27.7 Å². The highest BCUT2D eigenvalue weighted by Gasteiger charge is 2.17. The number of hydrogen-bond donors (Lipinski definition) is 0. The van der Waals surface area contributed by atoms with Gasteiger partial charge < -0.3 is 13.6 Å². The van der Waals surface area contributed by atoms with Crippen LogP contribution < -0.4 is 0 Å². The molecule has 3 nitrogen and oxygen atoms in total. The zero-order chi connectivity index (χ0) is 11.0. The van der Waals surface area contributed by atoms with Crippen molar-refractivity contribution in [3.05, 3.63) is 11.6 Å². The smallest absolute Gasteiger partial charge is 0.309 e. The Balaban J connectivity index is 4.09. The van der Waals surface area contributed by atoms with E-state index in [0.29, 0.717) is 19.8 Å². The summed E-state index contributed by atoms with van der Waals surface area (Å²) in [6.45, 7) is 6.79. The molecular weight excluding hydrogens is 219 g/mol. The number of rotatable bonds is 7. The van der Waals surface area contributed by atoms with Gasteiger partial charge in [-0.1, -0.05) is 11.6 Å². The summed E-state index contributed by atoms with van der Waals surface area (Å²) >= 11 is 5.17. The molecule has 84 valence electrons. The molecule has 0 aromatic heterocycles. The first kappa shape index (κ1) is 14.3. The van der Waals surface area contributed by atoms with E-state index in [1.165, 1.54) is 5.57 Å². The molecule has 0 fully saturated rings. The van der Waals surface area contributed by atoms with Crippen molar-refractivity contribution in [1.29, 1.82) is 0 Å². The molecule has 0 saturated heterocycles. The minimum atomic E-state index is -2.49. The van der Waals surface area contributed by atoms with E-state index in [0.717, 1.165) is 0 Å². The zero-order valence-electron chi connectivity index (χ0n) is 9.28. The van der Waals surface area contributed by atoms with Crippen LogP contribution in [0.25, 0.3) is 0 Å². The Hall–Kier alpha value is 0.270. The van der Waals surface area contributed by atoms with Gasteiger partial charge in [-0.2, -0.15) is 0 Å². The van der Waals surface area contributed by atoms with Crippen molar-refractivity contribution in [2.75, 3.05) is 19.8 Å². The lowest BCUT2D eigenvalue weighted by atomic mass is 10.3. The molecule has 0 amide bonds. The average molecular weight is 238 g/mol. The maximum Gasteiger partial charge on any atom is 0.327 e. The topological polar surface area (TPSA) is 27.7 Å². The van der Waals surface area contributed by atoms with Crippen LogP contribution in [0, 0.1) is 0 Å². The summed E-state index contributed by atoms with van der Waals surface area (Å²) in [4.78, 5) is 0. The molecule has 5 heteroatoms. The van der Waals surface area contributed by atoms with Crippen LogP contribution in [0.5, 0.6) is 0 Å². The van der Waals surface area contributed by atoms with Crippen LogP contribution in [-0.4, -0.2) is 19.8 Å². The molecule has 0 unspecified atom stereocenters. The Morgan fingerprint density at radius 3 is 2.00 bits per heavy atom. The van der Waals surface area contributed by atoms with Gasteiger partial charge in [-0.05, 0) is 39.5 Å². The van der Waals surface area contributed by atoms with Crippen LogP contribution in [0.4, 0.5) is 0 Å². The molecule has 0 N–H and O–H groups in total. The molecule has 0 aromatic rings. The molecule has 0 saturated carbocycles. The molecule has 0 radical (unpaired) electrons. The number of hydrogen-bond acceptors (Lipinski definition) is 4. The normalized spacial score (nSPS) is 11.4. The van der Waals surface area contributed by atoms with Crippen LogP contribution in [0.15, 0.2) is 11.6 Å². The standard InChI is InChI=1S/C9H19O3PS/c1-5-10-13(14,11-6-2)12-8-7-9(3)4/h7H,5-6,8H2,1-4H3. The Bertz CT molecular complexity index is 214. The molecule has 0 aliphatic heterocycles. The van der Waals surface area contributed by atoms with Crippen LogP contribution in [0.3, 0.4) is 0 Å². The van der Waals surface area contributed by atoms with Crippen molar-refractivity contribution in [1.82, 2.24) is 0 Å². The fraction of sp³-hybridized carbons (Fsp3) is 0.778. The summed E-state index contributed by atoms with van der Waals surface area (Å²) in [6.07, 6.45) is 1.96. The van der Waals surface area contributed by atoms with E-state index >= 15 is 0 Å². The van der Waals surface area contributed by atoms with E-state index in [1.807, 2.05) is 33.8 Å². The van der Waals surface area contributed by atoms with E-state index < -0.39 is 6.72 Å². The van der Waals surface area contributed by atoms with Crippen LogP contribution in [-0.2, 0) is 25.4 Å². The Labute approximate surface area is 91.7 Å². The Morgan fingerprint density at radius 2 is 1.64 bits per heavy atom. The van der Waals surface area contributed by atoms with Gasteiger partial charge in [-0.25, -0.2) is 0 Å². The fourth-order valence-electron chi connectivity index (χ4n) is 0.723. The van der Waals surface area contributed by atoms with Crippen LogP contribution in [0.1, 0.15) is 27.7 Å². The second kappa shape index (κ2) is 7.55. The number of allylic oxidation sites excluding steroid dienone is 1. The maximum atomic E-state index is 5.43. The molecule has 0 rings (SSSR count). The average Bonchev–Trinajstić information content (AvgIpc) is 2.03. The highest BCUT2D eigenvalue weighted by molar-refractivity contribution is 8.07. The van der Waals surface area contributed by atoms with Crippen LogP contribution >= 0.6 is 6.72 Å². The minimum Gasteiger partial charge on any atom is -0.309 e. The Morgan fingerprint density at radius 1 is 1.14 bits per heavy atom. The summed E-state index contributed by atoms with van der Waals surface area (Å²) in [6, 6.07) is 0. The third-order valence-corrected chi connectivity index (χ3v) is 3.86. The fourth-order valence-corrected chi connectivity index (χ4v) is 2.65. The first-order chi connectivity index (χ1) is 6.54. The third-order valence-electron chi connectivity index (χ3n) is 1.30. The van der Waals surface area contributed by atoms with E-state index in [9.17, 15) is 0 Å². The molecule has 14 heavy (non-hydrogen) atoms. The molecule has 0 spiro atoms. The summed E-state index contributed by atoms with van der Waals surface area (Å²) in [5.41, 5.74) is 1.19. The predicted octanol–water partition coefficient (Wildman–Crippen LogP) is 3.27. The lowest BCUT2D eigenvalue weighted by molar-refractivity contribution is 0.178. The Kier molecular flexibility index (Phi) is 7.69. The molecule has 0 aliphatic carbocycles. The van der Waals surface area contributed by atoms with Crippen molar-refractivity contribution < 1.29 is 13.6 Å². The van der Waals surface area contributed by atoms with Gasteiger partial charge in [0.05, 0.1) is 19.8 Å². The van der Waals surface area contributed by atoms with Gasteiger partial charge in [0.2, 0.25) is 0 Å². The molecule has 0 atom stereocenters. The van der Waals surface area contributed by atoms with Gasteiger partial charge in [-0.15, -0.1) is 0 Å². The summed E-state index contributed by atoms with van der Waals surface area (Å²) < 4.78 is 16.0. The molecule has 0 heterocycles. The van der Waals surface area contributed by atoms with E-state index in [-0.39, 0.29) is 0 Å².